The molecule has 16 heavy (non-hydrogen) atoms. The lowest BCUT2D eigenvalue weighted by atomic mass is 10.2. The summed E-state index contributed by atoms with van der Waals surface area (Å²) in [5, 5.41) is 2.89. The second kappa shape index (κ2) is 5.56. The number of nitrogens with one attached hydrogen (secondary N) is 1. The van der Waals surface area contributed by atoms with E-state index in [0.29, 0.717) is 0 Å². The summed E-state index contributed by atoms with van der Waals surface area (Å²) in [5.41, 5.74) is 0. The van der Waals surface area contributed by atoms with Crippen LogP contribution in [0, 0.1) is 0 Å². The fourth-order valence-corrected chi connectivity index (χ4v) is 2.90. The Balaban J connectivity index is 1.76. The summed E-state index contributed by atoms with van der Waals surface area (Å²) in [4.78, 5) is 12.9. The molecule has 1 saturated heterocycles. The third-order valence-electron chi connectivity index (χ3n) is 3.61. The average molecular weight is 265 g/mol. The number of hydrogen-bond donors (Lipinski definition) is 1. The average Bonchev–Trinajstić information content (AvgIpc) is 2.85. The van der Waals surface area contributed by atoms with E-state index in [4.69, 9.17) is 23.2 Å². The van der Waals surface area contributed by atoms with E-state index in [9.17, 15) is 4.79 Å². The van der Waals surface area contributed by atoms with Crippen LogP contribution in [0.25, 0.3) is 0 Å². The van der Waals surface area contributed by atoms with Crippen molar-refractivity contribution in [3.05, 3.63) is 0 Å². The van der Waals surface area contributed by atoms with E-state index in [1.54, 1.807) is 0 Å². The summed E-state index contributed by atoms with van der Waals surface area (Å²) < 4.78 is 0. The van der Waals surface area contributed by atoms with E-state index in [-0.39, 0.29) is 11.9 Å². The van der Waals surface area contributed by atoms with Gasteiger partial charge in [-0.15, -0.1) is 0 Å². The van der Waals surface area contributed by atoms with Crippen molar-refractivity contribution in [1.29, 1.82) is 0 Å². The Bertz CT molecular complexity index is 254. The minimum Gasteiger partial charge on any atom is -0.350 e. The molecule has 0 aromatic carbocycles. The number of halogens is 2. The van der Waals surface area contributed by atoms with Crippen LogP contribution in [0.1, 0.15) is 32.1 Å². The van der Waals surface area contributed by atoms with Crippen molar-refractivity contribution in [2.75, 3.05) is 13.1 Å². The van der Waals surface area contributed by atoms with Gasteiger partial charge in [-0.1, -0.05) is 36.0 Å². The maximum atomic E-state index is 11.3. The number of amides is 1. The Labute approximate surface area is 106 Å². The Morgan fingerprint density at radius 3 is 2.56 bits per heavy atom. The Kier molecular flexibility index (Phi) is 4.34. The molecule has 1 atom stereocenters. The first-order chi connectivity index (χ1) is 7.66. The van der Waals surface area contributed by atoms with Crippen molar-refractivity contribution in [2.24, 2.45) is 0 Å². The van der Waals surface area contributed by atoms with E-state index < -0.39 is 4.84 Å². The highest BCUT2D eigenvalue weighted by Crippen LogP contribution is 2.26. The van der Waals surface area contributed by atoms with Crippen LogP contribution in [0.3, 0.4) is 0 Å². The number of carbonyl (C=O) groups excluding carboxylic acids is 1. The molecule has 0 aromatic heterocycles. The molecular formula is C11H18Cl2N2O. The molecule has 1 heterocycles. The lowest BCUT2D eigenvalue weighted by Crippen LogP contribution is -2.41. The van der Waals surface area contributed by atoms with Crippen LogP contribution in [0.2, 0.25) is 0 Å². The van der Waals surface area contributed by atoms with Gasteiger partial charge in [-0.25, -0.2) is 0 Å². The molecule has 0 radical (unpaired) electrons. The van der Waals surface area contributed by atoms with Gasteiger partial charge in [0.25, 0.3) is 5.91 Å². The standard InChI is InChI=1S/C11H18Cl2N2O/c12-10(13)11(16)14-8-5-6-15(7-8)9-3-1-2-4-9/h8-10H,1-7H2,(H,14,16). The number of alkyl halides is 2. The molecule has 1 aliphatic heterocycles. The molecule has 2 aliphatic rings. The molecule has 0 aromatic rings. The van der Waals surface area contributed by atoms with E-state index in [0.717, 1.165) is 25.6 Å². The quantitative estimate of drug-likeness (QED) is 0.791. The second-order valence-corrected chi connectivity index (χ2v) is 5.82. The molecule has 1 aliphatic carbocycles. The highest BCUT2D eigenvalue weighted by molar-refractivity contribution is 6.53. The molecule has 0 spiro atoms. The third kappa shape index (κ3) is 3.02. The lowest BCUT2D eigenvalue weighted by molar-refractivity contribution is -0.120. The summed E-state index contributed by atoms with van der Waals surface area (Å²) in [6.07, 6.45) is 6.35. The Morgan fingerprint density at radius 2 is 1.94 bits per heavy atom. The summed E-state index contributed by atoms with van der Waals surface area (Å²) in [6.45, 7) is 2.04. The molecule has 1 N–H and O–H groups in total. The maximum absolute atomic E-state index is 11.3. The van der Waals surface area contributed by atoms with Crippen LogP contribution < -0.4 is 5.32 Å². The van der Waals surface area contributed by atoms with Gasteiger partial charge in [0, 0.05) is 25.2 Å². The van der Waals surface area contributed by atoms with Crippen molar-refractivity contribution >= 4 is 29.1 Å². The summed E-state index contributed by atoms with van der Waals surface area (Å²) in [7, 11) is 0. The summed E-state index contributed by atoms with van der Waals surface area (Å²) in [5.74, 6) is -0.262. The fourth-order valence-electron chi connectivity index (χ4n) is 2.77. The molecule has 1 unspecified atom stereocenters. The van der Waals surface area contributed by atoms with Crippen LogP contribution in [-0.2, 0) is 4.79 Å². The van der Waals surface area contributed by atoms with E-state index in [1.165, 1.54) is 25.7 Å². The fraction of sp³-hybridized carbons (Fsp3) is 0.909. The van der Waals surface area contributed by atoms with Crippen LogP contribution in [-0.4, -0.2) is 40.8 Å². The molecule has 1 saturated carbocycles. The first-order valence-corrected chi connectivity index (χ1v) is 6.86. The largest absolute Gasteiger partial charge is 0.350 e. The molecule has 92 valence electrons. The van der Waals surface area contributed by atoms with Crippen LogP contribution in [0.5, 0.6) is 0 Å². The topological polar surface area (TPSA) is 32.3 Å². The van der Waals surface area contributed by atoms with Crippen molar-refractivity contribution in [3.8, 4) is 0 Å². The molecule has 5 heteroatoms. The van der Waals surface area contributed by atoms with Crippen molar-refractivity contribution in [2.45, 2.75) is 49.0 Å². The molecule has 2 fully saturated rings. The van der Waals surface area contributed by atoms with Gasteiger partial charge in [0.15, 0.2) is 4.84 Å². The first-order valence-electron chi connectivity index (χ1n) is 5.99. The smallest absolute Gasteiger partial charge is 0.253 e. The molecular weight excluding hydrogens is 247 g/mol. The predicted octanol–water partition coefficient (Wildman–Crippen LogP) is 1.92. The van der Waals surface area contributed by atoms with Gasteiger partial charge in [0.05, 0.1) is 0 Å². The molecule has 0 bridgehead atoms. The number of hydrogen-bond acceptors (Lipinski definition) is 2. The van der Waals surface area contributed by atoms with Gasteiger partial charge in [0.1, 0.15) is 0 Å². The minimum atomic E-state index is -0.944. The zero-order valence-electron chi connectivity index (χ0n) is 9.29. The van der Waals surface area contributed by atoms with Gasteiger partial charge in [-0.05, 0) is 19.3 Å². The summed E-state index contributed by atoms with van der Waals surface area (Å²) in [6, 6.07) is 0.970. The lowest BCUT2D eigenvalue weighted by Gasteiger charge is -2.23. The molecule has 2 rings (SSSR count). The van der Waals surface area contributed by atoms with Crippen LogP contribution in [0.15, 0.2) is 0 Å². The summed E-state index contributed by atoms with van der Waals surface area (Å²) >= 11 is 11.0. The normalized spacial score (nSPS) is 27.8. The van der Waals surface area contributed by atoms with E-state index in [1.807, 2.05) is 0 Å². The molecule has 1 amide bonds. The van der Waals surface area contributed by atoms with E-state index in [2.05, 4.69) is 10.2 Å². The number of likely N-dealkylation sites (tertiary alicyclic amines) is 1. The monoisotopic (exact) mass is 264 g/mol. The van der Waals surface area contributed by atoms with Gasteiger partial charge in [-0.2, -0.15) is 0 Å². The number of nitrogens with zero attached hydrogens (tertiary/aromatic N) is 1. The zero-order chi connectivity index (χ0) is 11.5. The van der Waals surface area contributed by atoms with Crippen molar-refractivity contribution in [1.82, 2.24) is 10.2 Å². The first kappa shape index (κ1) is 12.5. The van der Waals surface area contributed by atoms with Crippen LogP contribution in [0.4, 0.5) is 0 Å². The van der Waals surface area contributed by atoms with Gasteiger partial charge in [-0.3, -0.25) is 9.69 Å². The van der Waals surface area contributed by atoms with E-state index >= 15 is 0 Å². The van der Waals surface area contributed by atoms with Crippen molar-refractivity contribution in [3.63, 3.8) is 0 Å². The van der Waals surface area contributed by atoms with Crippen LogP contribution >= 0.6 is 23.2 Å². The Morgan fingerprint density at radius 1 is 1.25 bits per heavy atom. The number of carbonyl (C=O) groups is 1. The maximum Gasteiger partial charge on any atom is 0.253 e. The zero-order valence-corrected chi connectivity index (χ0v) is 10.8. The predicted molar refractivity (Wildman–Crippen MR) is 65.9 cm³/mol. The second-order valence-electron chi connectivity index (χ2n) is 4.73. The highest BCUT2D eigenvalue weighted by atomic mass is 35.5. The van der Waals surface area contributed by atoms with Gasteiger partial charge >= 0.3 is 0 Å². The SMILES string of the molecule is O=C(NC1CCN(C2CCCC2)C1)C(Cl)Cl. The minimum absolute atomic E-state index is 0.230. The van der Waals surface area contributed by atoms with Gasteiger partial charge in [0.2, 0.25) is 0 Å². The highest BCUT2D eigenvalue weighted by Gasteiger charge is 2.31. The molecule has 3 nitrogen and oxygen atoms in total. The Hall–Kier alpha value is 0.01000. The van der Waals surface area contributed by atoms with Crippen molar-refractivity contribution < 1.29 is 4.79 Å². The van der Waals surface area contributed by atoms with Gasteiger partial charge < -0.3 is 5.32 Å². The number of rotatable bonds is 3. The third-order valence-corrected chi connectivity index (χ3v) is 4.00.